The molecule has 3 unspecified atom stereocenters. The van der Waals surface area contributed by atoms with Crippen molar-refractivity contribution in [1.82, 2.24) is 4.48 Å². The van der Waals surface area contributed by atoms with Gasteiger partial charge in [-0.1, -0.05) is 24.3 Å². The van der Waals surface area contributed by atoms with Gasteiger partial charge in [-0.15, -0.1) is 0 Å². The Balaban J connectivity index is 2.00. The molecule has 8 nitrogen and oxygen atoms in total. The fourth-order valence-electron chi connectivity index (χ4n) is 4.37. The van der Waals surface area contributed by atoms with Gasteiger partial charge in [0.25, 0.3) is 5.69 Å². The normalized spacial score (nSPS) is 23.0. The van der Waals surface area contributed by atoms with Gasteiger partial charge in [0, 0.05) is 30.2 Å². The number of carboxylic acid groups (broad SMARTS) is 1. The first-order valence-electron chi connectivity index (χ1n) is 10.0. The van der Waals surface area contributed by atoms with E-state index >= 15 is 0 Å². The van der Waals surface area contributed by atoms with Crippen LogP contribution in [0.25, 0.3) is 0 Å². The average Bonchev–Trinajstić information content (AvgIpc) is 2.77. The van der Waals surface area contributed by atoms with Gasteiger partial charge in [-0.25, -0.2) is 0 Å². The van der Waals surface area contributed by atoms with Gasteiger partial charge in [0.2, 0.25) is 0 Å². The summed E-state index contributed by atoms with van der Waals surface area (Å²) in [5.74, 6) is -1.87. The van der Waals surface area contributed by atoms with Crippen LogP contribution >= 0.6 is 0 Å². The molecule has 1 fully saturated rings. The Labute approximate surface area is 186 Å². The summed E-state index contributed by atoms with van der Waals surface area (Å²) < 4.78 is 42.2. The van der Waals surface area contributed by atoms with E-state index in [1.807, 2.05) is 0 Å². The number of carbonyl (C=O) groups excluding carboxylic acids is 1. The van der Waals surface area contributed by atoms with E-state index in [1.165, 1.54) is 55.6 Å². The Morgan fingerprint density at radius 1 is 1.12 bits per heavy atom. The van der Waals surface area contributed by atoms with Crippen molar-refractivity contribution < 1.29 is 37.5 Å². The van der Waals surface area contributed by atoms with Gasteiger partial charge in [0.1, 0.15) is 24.7 Å². The van der Waals surface area contributed by atoms with E-state index in [0.717, 1.165) is 0 Å². The average molecular weight is 467 g/mol. The second-order valence-corrected chi connectivity index (χ2v) is 8.08. The molecule has 2 aromatic rings. The first-order valence-corrected chi connectivity index (χ1v) is 10.0. The van der Waals surface area contributed by atoms with Crippen LogP contribution < -0.4 is 4.48 Å². The number of carbonyl (C=O) groups is 2. The van der Waals surface area contributed by atoms with Crippen molar-refractivity contribution in [2.24, 2.45) is 5.92 Å². The Morgan fingerprint density at radius 2 is 1.73 bits per heavy atom. The summed E-state index contributed by atoms with van der Waals surface area (Å²) in [7, 11) is 1.19. The van der Waals surface area contributed by atoms with Gasteiger partial charge in [-0.2, -0.15) is 22.4 Å². The lowest BCUT2D eigenvalue weighted by Crippen LogP contribution is -2.62. The molecular weight excluding hydrogens is 445 g/mol. The summed E-state index contributed by atoms with van der Waals surface area (Å²) in [6, 6.07) is 10.8. The minimum absolute atomic E-state index is 0.0132. The molecule has 0 aliphatic carbocycles. The highest BCUT2D eigenvalue weighted by Crippen LogP contribution is 2.39. The van der Waals surface area contributed by atoms with Crippen LogP contribution in [0.3, 0.4) is 0 Å². The molecule has 2 aromatic carbocycles. The summed E-state index contributed by atoms with van der Waals surface area (Å²) in [5, 5.41) is 21.2. The van der Waals surface area contributed by atoms with Gasteiger partial charge in [-0.05, 0) is 17.5 Å². The number of ether oxygens (including phenoxy) is 1. The summed E-state index contributed by atoms with van der Waals surface area (Å²) in [5.41, 5.74) is 0.710. The molecule has 0 saturated carbocycles. The summed E-state index contributed by atoms with van der Waals surface area (Å²) >= 11 is 0. The fourth-order valence-corrected chi connectivity index (χ4v) is 4.37. The molecule has 1 amide bonds. The zero-order valence-electron chi connectivity index (χ0n) is 17.6. The van der Waals surface area contributed by atoms with Gasteiger partial charge < -0.3 is 9.84 Å². The lowest BCUT2D eigenvalue weighted by molar-refractivity contribution is -0.384. The van der Waals surface area contributed by atoms with E-state index in [0.29, 0.717) is 5.56 Å². The second-order valence-electron chi connectivity index (χ2n) is 8.08. The number of methoxy groups -OCH3 is 1. The minimum atomic E-state index is -4.35. The van der Waals surface area contributed by atoms with Crippen LogP contribution in [0, 0.1) is 16.0 Å². The number of halogens is 3. The lowest BCUT2D eigenvalue weighted by Gasteiger charge is -2.42. The van der Waals surface area contributed by atoms with E-state index in [9.17, 15) is 38.0 Å². The van der Waals surface area contributed by atoms with E-state index in [4.69, 9.17) is 4.74 Å². The number of nitro benzene ring substituents is 1. The molecule has 33 heavy (non-hydrogen) atoms. The molecule has 0 radical (unpaired) electrons. The highest BCUT2D eigenvalue weighted by molar-refractivity contribution is 5.83. The maximum Gasteiger partial charge on any atom is 0.518 e. The molecule has 1 saturated heterocycles. The molecule has 1 aliphatic rings. The molecule has 3 atom stereocenters. The van der Waals surface area contributed by atoms with Crippen molar-refractivity contribution in [2.75, 3.05) is 20.2 Å². The molecule has 176 valence electrons. The van der Waals surface area contributed by atoms with Crippen LogP contribution in [0.4, 0.5) is 29.3 Å². The predicted octanol–water partition coefficient (Wildman–Crippen LogP) is 4.66. The summed E-state index contributed by atoms with van der Waals surface area (Å²) in [4.78, 5) is 35.3. The second kappa shape index (κ2) is 9.18. The number of hydrogen-bond acceptors (Lipinski definition) is 5. The maximum absolute atomic E-state index is 12.7. The molecule has 1 aliphatic heterocycles. The van der Waals surface area contributed by atoms with Gasteiger partial charge >= 0.3 is 18.2 Å². The van der Waals surface area contributed by atoms with Crippen LogP contribution in [0.2, 0.25) is 0 Å². The summed E-state index contributed by atoms with van der Waals surface area (Å²) in [6.45, 7) is -0.109. The van der Waals surface area contributed by atoms with E-state index in [2.05, 4.69) is 0 Å². The topological polar surface area (TPSA) is 107 Å². The van der Waals surface area contributed by atoms with Crippen LogP contribution in [-0.4, -0.2) is 48.5 Å². The van der Waals surface area contributed by atoms with E-state index < -0.39 is 45.9 Å². The highest BCUT2D eigenvalue weighted by atomic mass is 19.4. The molecule has 0 bridgehead atoms. The SMILES string of the molecule is COC(=O)C1CC(c2ccc(CC(F)(F)F)cc2)C[N+](C(=O)O)(c2ccc([N+](=O)[O-])cc2)C1. The smallest absolute Gasteiger partial charge is 0.469 e. The number of non-ortho nitro benzene ring substituents is 1. The molecule has 3 rings (SSSR count). The third-order valence-electron chi connectivity index (χ3n) is 5.94. The Hall–Kier alpha value is -3.47. The third kappa shape index (κ3) is 5.30. The Bertz CT molecular complexity index is 1040. The number of rotatable bonds is 5. The van der Waals surface area contributed by atoms with E-state index in [-0.39, 0.29) is 36.4 Å². The number of esters is 1. The van der Waals surface area contributed by atoms with E-state index in [1.54, 1.807) is 0 Å². The number of nitrogens with zero attached hydrogens (tertiary/aromatic N) is 2. The predicted molar refractivity (Wildman–Crippen MR) is 112 cm³/mol. The molecule has 11 heteroatoms. The number of nitro groups is 1. The van der Waals surface area contributed by atoms with Crippen LogP contribution in [0.15, 0.2) is 48.5 Å². The van der Waals surface area contributed by atoms with Gasteiger partial charge in [-0.3, -0.25) is 14.9 Å². The Morgan fingerprint density at radius 3 is 2.21 bits per heavy atom. The van der Waals surface area contributed by atoms with Crippen LogP contribution in [-0.2, 0) is 16.0 Å². The standard InChI is InChI=1S/C22H21F3N2O6/c1-33-20(28)17-10-16(15-4-2-14(3-5-15)11-22(23,24)25)12-27(13-17,21(29)30)19-8-6-18(7-9-19)26(31)32/h2-9,16-17H,10-13H2,1H3/p+1. The Kier molecular flexibility index (Phi) is 6.73. The number of alkyl halides is 3. The molecular formula is C22H22F3N2O6+. The van der Waals surface area contributed by atoms with Crippen molar-refractivity contribution in [3.8, 4) is 0 Å². The number of quaternary nitrogens is 1. The first-order chi connectivity index (χ1) is 15.4. The fraction of sp³-hybridized carbons (Fsp3) is 0.364. The number of amides is 1. The largest absolute Gasteiger partial charge is 0.518 e. The molecule has 0 aromatic heterocycles. The van der Waals surface area contributed by atoms with Crippen molar-refractivity contribution >= 4 is 23.4 Å². The number of piperidine rings is 1. The molecule has 1 heterocycles. The highest BCUT2D eigenvalue weighted by Gasteiger charge is 2.50. The zero-order valence-corrected chi connectivity index (χ0v) is 17.6. The first kappa shape index (κ1) is 24.2. The van der Waals surface area contributed by atoms with Crippen LogP contribution in [0.5, 0.6) is 0 Å². The molecule has 0 spiro atoms. The third-order valence-corrected chi connectivity index (χ3v) is 5.94. The van der Waals surface area contributed by atoms with Crippen molar-refractivity contribution in [1.29, 1.82) is 0 Å². The van der Waals surface area contributed by atoms with Gasteiger partial charge in [0.05, 0.1) is 18.5 Å². The van der Waals surface area contributed by atoms with Crippen molar-refractivity contribution in [3.05, 3.63) is 69.8 Å². The summed E-state index contributed by atoms with van der Waals surface area (Å²) in [6.07, 6.45) is -6.43. The zero-order chi connectivity index (χ0) is 24.4. The number of likely N-dealkylation sites (tertiary alicyclic amines) is 1. The quantitative estimate of drug-likeness (QED) is 0.297. The minimum Gasteiger partial charge on any atom is -0.469 e. The van der Waals surface area contributed by atoms with Crippen LogP contribution in [0.1, 0.15) is 23.5 Å². The number of hydrogen-bond donors (Lipinski definition) is 1. The maximum atomic E-state index is 12.7. The van der Waals surface area contributed by atoms with Crippen molar-refractivity contribution in [3.63, 3.8) is 0 Å². The number of benzene rings is 2. The van der Waals surface area contributed by atoms with Crippen molar-refractivity contribution in [2.45, 2.75) is 24.9 Å². The molecule has 1 N–H and O–H groups in total. The van der Waals surface area contributed by atoms with Gasteiger partial charge in [0.15, 0.2) is 0 Å². The monoisotopic (exact) mass is 467 g/mol. The lowest BCUT2D eigenvalue weighted by atomic mass is 9.82.